The molecular formula is C28H21ClF3N5O4S. The van der Waals surface area contributed by atoms with E-state index in [-0.39, 0.29) is 26.8 Å². The van der Waals surface area contributed by atoms with E-state index in [4.69, 9.17) is 11.6 Å². The van der Waals surface area contributed by atoms with E-state index in [0.29, 0.717) is 26.8 Å². The third-order valence-corrected chi connectivity index (χ3v) is 8.10. The fraction of sp³-hybridized carbons (Fsp3) is 0.179. The molecular weight excluding hydrogens is 595 g/mol. The number of aromatic nitrogens is 4. The number of alkyl halides is 3. The molecule has 5 rings (SSSR count). The predicted octanol–water partition coefficient (Wildman–Crippen LogP) is 6.11. The number of amides is 1. The molecule has 0 aliphatic rings. The molecule has 0 atom stereocenters. The molecule has 0 spiro atoms. The van der Waals surface area contributed by atoms with Crippen LogP contribution < -0.4 is 4.90 Å². The highest BCUT2D eigenvalue weighted by Gasteiger charge is 2.42. The molecule has 0 fully saturated rings. The number of anilines is 1. The molecule has 1 amide bonds. The molecule has 0 saturated heterocycles. The van der Waals surface area contributed by atoms with E-state index in [9.17, 15) is 32.7 Å². The van der Waals surface area contributed by atoms with Crippen LogP contribution in [0, 0.1) is 0 Å². The second-order valence-electron chi connectivity index (χ2n) is 9.18. The SMILES string of the molecule is CCc1cc(C(=O)c2ccccc2Cl)c(-n2c(N(C)C(=O)c3cc4ccccc4n3CC(=O)O)nnc2C(F)(F)F)s1. The quantitative estimate of drug-likeness (QED) is 0.211. The topological polar surface area (TPSA) is 110 Å². The lowest BCUT2D eigenvalue weighted by Crippen LogP contribution is -2.32. The Hall–Kier alpha value is -4.49. The van der Waals surface area contributed by atoms with Crippen LogP contribution in [0.5, 0.6) is 0 Å². The number of nitrogens with zero attached hydrogens (tertiary/aromatic N) is 5. The third kappa shape index (κ3) is 5.16. The molecule has 216 valence electrons. The number of hydrogen-bond donors (Lipinski definition) is 1. The lowest BCUT2D eigenvalue weighted by molar-refractivity contribution is -0.146. The van der Waals surface area contributed by atoms with Crippen LogP contribution in [-0.4, -0.2) is 49.1 Å². The van der Waals surface area contributed by atoms with E-state index >= 15 is 0 Å². The van der Waals surface area contributed by atoms with Crippen molar-refractivity contribution < 1.29 is 32.7 Å². The smallest absolute Gasteiger partial charge is 0.452 e. The van der Waals surface area contributed by atoms with Crippen LogP contribution in [0.4, 0.5) is 19.1 Å². The standard InChI is InChI=1S/C28H21ClF3N5O4S/c1-3-16-13-18(23(40)17-9-5-6-10-19(17)29)25(42-16)37-26(28(30,31)32)33-34-27(37)35(2)24(41)21-12-15-8-4-7-11-20(15)36(21)14-22(38)39/h4-13H,3,14H2,1-2H3,(H,38,39). The van der Waals surface area contributed by atoms with Gasteiger partial charge in [-0.05, 0) is 36.8 Å². The maximum Gasteiger partial charge on any atom is 0.452 e. The molecule has 42 heavy (non-hydrogen) atoms. The van der Waals surface area contributed by atoms with Gasteiger partial charge in [-0.1, -0.05) is 48.9 Å². The summed E-state index contributed by atoms with van der Waals surface area (Å²) in [5.74, 6) is -4.63. The molecule has 5 aromatic rings. The van der Waals surface area contributed by atoms with Crippen molar-refractivity contribution in [2.45, 2.75) is 26.1 Å². The zero-order valence-corrected chi connectivity index (χ0v) is 23.6. The molecule has 0 unspecified atom stereocenters. The van der Waals surface area contributed by atoms with Gasteiger partial charge >= 0.3 is 12.1 Å². The summed E-state index contributed by atoms with van der Waals surface area (Å²) in [7, 11) is 1.20. The molecule has 2 aromatic carbocycles. The number of thiophene rings is 1. The van der Waals surface area contributed by atoms with Gasteiger partial charge in [-0.3, -0.25) is 19.3 Å². The fourth-order valence-corrected chi connectivity index (χ4v) is 5.86. The minimum absolute atomic E-state index is 0.0719. The number of benzene rings is 2. The monoisotopic (exact) mass is 615 g/mol. The Labute approximate surface area is 245 Å². The van der Waals surface area contributed by atoms with E-state index in [2.05, 4.69) is 10.2 Å². The van der Waals surface area contributed by atoms with E-state index < -0.39 is 42.2 Å². The highest BCUT2D eigenvalue weighted by Crippen LogP contribution is 2.38. The van der Waals surface area contributed by atoms with E-state index in [0.717, 1.165) is 16.2 Å². The molecule has 1 N–H and O–H groups in total. The normalized spacial score (nSPS) is 11.7. The summed E-state index contributed by atoms with van der Waals surface area (Å²) in [6, 6.07) is 15.8. The highest BCUT2D eigenvalue weighted by atomic mass is 35.5. The molecule has 14 heteroatoms. The number of aryl methyl sites for hydroxylation is 1. The van der Waals surface area contributed by atoms with Gasteiger partial charge in [0.2, 0.25) is 11.8 Å². The Balaban J connectivity index is 1.69. The zero-order chi connectivity index (χ0) is 30.3. The minimum Gasteiger partial charge on any atom is -0.480 e. The van der Waals surface area contributed by atoms with Crippen molar-refractivity contribution in [1.82, 2.24) is 19.3 Å². The summed E-state index contributed by atoms with van der Waals surface area (Å²) in [5, 5.41) is 17.1. The van der Waals surface area contributed by atoms with Crippen LogP contribution in [0.2, 0.25) is 5.02 Å². The van der Waals surface area contributed by atoms with Crippen LogP contribution in [-0.2, 0) is 23.9 Å². The molecule has 0 radical (unpaired) electrons. The molecule has 3 aromatic heterocycles. The van der Waals surface area contributed by atoms with E-state index in [1.165, 1.54) is 35.9 Å². The first-order chi connectivity index (χ1) is 19.9. The van der Waals surface area contributed by atoms with Crippen LogP contribution in [0.3, 0.4) is 0 Å². The molecule has 0 saturated carbocycles. The molecule has 0 aliphatic heterocycles. The van der Waals surface area contributed by atoms with Crippen molar-refractivity contribution in [3.05, 3.63) is 93.2 Å². The number of ketones is 1. The number of rotatable bonds is 8. The number of carboxylic acids is 1. The van der Waals surface area contributed by atoms with Crippen LogP contribution >= 0.6 is 22.9 Å². The molecule has 0 bridgehead atoms. The number of para-hydroxylation sites is 1. The Bertz CT molecular complexity index is 1860. The van der Waals surface area contributed by atoms with Crippen LogP contribution in [0.25, 0.3) is 15.9 Å². The number of hydrogen-bond acceptors (Lipinski definition) is 6. The Morgan fingerprint density at radius 1 is 1.02 bits per heavy atom. The lowest BCUT2D eigenvalue weighted by Gasteiger charge is -2.19. The van der Waals surface area contributed by atoms with Crippen molar-refractivity contribution >= 4 is 57.4 Å². The van der Waals surface area contributed by atoms with Crippen LogP contribution in [0.1, 0.15) is 44.0 Å². The molecule has 0 aliphatic carbocycles. The van der Waals surface area contributed by atoms with Crippen molar-refractivity contribution in [1.29, 1.82) is 0 Å². The van der Waals surface area contributed by atoms with Gasteiger partial charge in [0.15, 0.2) is 5.78 Å². The van der Waals surface area contributed by atoms with Gasteiger partial charge in [-0.25, -0.2) is 4.57 Å². The van der Waals surface area contributed by atoms with Gasteiger partial charge in [0.1, 0.15) is 17.2 Å². The number of carbonyl (C=O) groups is 3. The summed E-state index contributed by atoms with van der Waals surface area (Å²) >= 11 is 7.17. The predicted molar refractivity (Wildman–Crippen MR) is 151 cm³/mol. The maximum absolute atomic E-state index is 14.3. The average Bonchev–Trinajstić information content (AvgIpc) is 3.67. The van der Waals surface area contributed by atoms with Crippen LogP contribution in [0.15, 0.2) is 60.7 Å². The summed E-state index contributed by atoms with van der Waals surface area (Å²) < 4.78 is 44.8. The third-order valence-electron chi connectivity index (χ3n) is 6.51. The van der Waals surface area contributed by atoms with Crippen molar-refractivity contribution in [3.63, 3.8) is 0 Å². The number of halogens is 4. The minimum atomic E-state index is -5.01. The highest BCUT2D eigenvalue weighted by molar-refractivity contribution is 7.15. The van der Waals surface area contributed by atoms with Gasteiger partial charge in [0.05, 0.1) is 10.6 Å². The summed E-state index contributed by atoms with van der Waals surface area (Å²) in [5.41, 5.74) is 0.383. The first-order valence-corrected chi connectivity index (χ1v) is 13.6. The Kier molecular flexibility index (Phi) is 7.64. The number of aliphatic carboxylic acids is 1. The van der Waals surface area contributed by atoms with E-state index in [1.54, 1.807) is 43.3 Å². The Morgan fingerprint density at radius 2 is 1.71 bits per heavy atom. The largest absolute Gasteiger partial charge is 0.480 e. The molecule has 3 heterocycles. The summed E-state index contributed by atoms with van der Waals surface area (Å²) in [6.45, 7) is 1.22. The number of carboxylic acid groups (broad SMARTS) is 1. The fourth-order valence-electron chi connectivity index (χ4n) is 4.54. The van der Waals surface area contributed by atoms with Gasteiger partial charge in [-0.2, -0.15) is 13.2 Å². The number of carbonyl (C=O) groups excluding carboxylic acids is 2. The van der Waals surface area contributed by atoms with Crippen molar-refractivity contribution in [3.8, 4) is 5.00 Å². The van der Waals surface area contributed by atoms with Gasteiger partial charge in [0, 0.05) is 28.4 Å². The first kappa shape index (κ1) is 29.0. The maximum atomic E-state index is 14.3. The van der Waals surface area contributed by atoms with Gasteiger partial charge in [-0.15, -0.1) is 21.5 Å². The summed E-state index contributed by atoms with van der Waals surface area (Å²) in [6.07, 6.45) is -4.59. The lowest BCUT2D eigenvalue weighted by atomic mass is 10.0. The van der Waals surface area contributed by atoms with Crippen molar-refractivity contribution in [2.24, 2.45) is 0 Å². The summed E-state index contributed by atoms with van der Waals surface area (Å²) in [4.78, 5) is 40.4. The zero-order valence-electron chi connectivity index (χ0n) is 22.0. The second kappa shape index (κ2) is 11.1. The second-order valence-corrected chi connectivity index (χ2v) is 10.7. The van der Waals surface area contributed by atoms with Gasteiger partial charge < -0.3 is 9.67 Å². The van der Waals surface area contributed by atoms with E-state index in [1.807, 2.05) is 0 Å². The average molecular weight is 616 g/mol. The van der Waals surface area contributed by atoms with Gasteiger partial charge in [0.25, 0.3) is 5.91 Å². The first-order valence-electron chi connectivity index (χ1n) is 12.4. The van der Waals surface area contributed by atoms with Crippen molar-refractivity contribution in [2.75, 3.05) is 11.9 Å². The Morgan fingerprint density at radius 3 is 2.38 bits per heavy atom. The number of fused-ring (bicyclic) bond motifs is 1. The molecule has 9 nitrogen and oxygen atoms in total.